The summed E-state index contributed by atoms with van der Waals surface area (Å²) in [5, 5.41) is 16.1. The zero-order valence-corrected chi connectivity index (χ0v) is 16.7. The fourth-order valence-electron chi connectivity index (χ4n) is 2.78. The minimum Gasteiger partial charge on any atom is -0.325 e. The van der Waals surface area contributed by atoms with Crippen LogP contribution in [0.4, 0.5) is 10.1 Å². The summed E-state index contributed by atoms with van der Waals surface area (Å²) in [6, 6.07) is 15.5. The number of aromatic nitrogens is 4. The molecule has 2 heterocycles. The summed E-state index contributed by atoms with van der Waals surface area (Å²) in [7, 11) is 0. The first kappa shape index (κ1) is 19.1. The van der Waals surface area contributed by atoms with Gasteiger partial charge in [-0.15, -0.1) is 10.2 Å². The number of halogens is 1. The van der Waals surface area contributed by atoms with E-state index in [9.17, 15) is 9.18 Å². The van der Waals surface area contributed by atoms with Crippen LogP contribution in [0.1, 0.15) is 11.1 Å². The molecule has 29 heavy (non-hydrogen) atoms. The van der Waals surface area contributed by atoms with Crippen LogP contribution in [0, 0.1) is 19.7 Å². The van der Waals surface area contributed by atoms with Crippen molar-refractivity contribution in [2.45, 2.75) is 19.0 Å². The van der Waals surface area contributed by atoms with Crippen molar-refractivity contribution in [2.24, 2.45) is 0 Å². The molecule has 0 saturated heterocycles. The Morgan fingerprint density at radius 2 is 1.83 bits per heavy atom. The SMILES string of the molecule is Cc1ccc(NC(=O)CSc2nnc3ccc(-c4ccc(F)cc4)nn23)cc1C. The normalized spacial score (nSPS) is 11.0. The van der Waals surface area contributed by atoms with Crippen molar-refractivity contribution in [3.8, 4) is 11.3 Å². The van der Waals surface area contributed by atoms with E-state index in [0.29, 0.717) is 16.5 Å². The first-order chi connectivity index (χ1) is 14.0. The summed E-state index contributed by atoms with van der Waals surface area (Å²) in [6.07, 6.45) is 0. The Morgan fingerprint density at radius 1 is 1.03 bits per heavy atom. The number of nitrogens with zero attached hydrogens (tertiary/aromatic N) is 4. The van der Waals surface area contributed by atoms with Crippen LogP contribution in [0.2, 0.25) is 0 Å². The molecule has 0 unspecified atom stereocenters. The molecule has 0 atom stereocenters. The van der Waals surface area contributed by atoms with Gasteiger partial charge in [0.25, 0.3) is 0 Å². The third-order valence-corrected chi connectivity index (χ3v) is 5.42. The Balaban J connectivity index is 1.48. The Hall–Kier alpha value is -3.26. The highest BCUT2D eigenvalue weighted by Crippen LogP contribution is 2.21. The highest BCUT2D eigenvalue weighted by atomic mass is 32.2. The van der Waals surface area contributed by atoms with Gasteiger partial charge >= 0.3 is 0 Å². The van der Waals surface area contributed by atoms with E-state index in [1.165, 1.54) is 29.5 Å². The van der Waals surface area contributed by atoms with Crippen molar-refractivity contribution in [1.29, 1.82) is 0 Å². The van der Waals surface area contributed by atoms with Crippen molar-refractivity contribution in [3.05, 3.63) is 71.5 Å². The van der Waals surface area contributed by atoms with E-state index in [4.69, 9.17) is 0 Å². The number of hydrogen-bond donors (Lipinski definition) is 1. The molecule has 0 fully saturated rings. The second kappa shape index (κ2) is 8.00. The van der Waals surface area contributed by atoms with Gasteiger partial charge in [0, 0.05) is 11.3 Å². The van der Waals surface area contributed by atoms with E-state index in [-0.39, 0.29) is 17.5 Å². The molecule has 0 bridgehead atoms. The van der Waals surface area contributed by atoms with Gasteiger partial charge in [0.2, 0.25) is 11.1 Å². The van der Waals surface area contributed by atoms with Crippen LogP contribution in [-0.2, 0) is 4.79 Å². The number of fused-ring (bicyclic) bond motifs is 1. The van der Waals surface area contributed by atoms with Gasteiger partial charge in [0.05, 0.1) is 11.4 Å². The van der Waals surface area contributed by atoms with E-state index in [1.54, 1.807) is 28.8 Å². The lowest BCUT2D eigenvalue weighted by Crippen LogP contribution is -2.14. The second-order valence-electron chi connectivity index (χ2n) is 6.61. The quantitative estimate of drug-likeness (QED) is 0.500. The lowest BCUT2D eigenvalue weighted by Gasteiger charge is -2.07. The average Bonchev–Trinajstić information content (AvgIpc) is 3.12. The highest BCUT2D eigenvalue weighted by molar-refractivity contribution is 7.99. The minimum absolute atomic E-state index is 0.135. The number of amides is 1. The van der Waals surface area contributed by atoms with Crippen LogP contribution in [0.15, 0.2) is 59.8 Å². The van der Waals surface area contributed by atoms with E-state index >= 15 is 0 Å². The third-order valence-electron chi connectivity index (χ3n) is 4.50. The molecule has 8 heteroatoms. The molecule has 1 amide bonds. The average molecular weight is 407 g/mol. The van der Waals surface area contributed by atoms with E-state index in [1.807, 2.05) is 32.0 Å². The lowest BCUT2D eigenvalue weighted by molar-refractivity contribution is -0.113. The fourth-order valence-corrected chi connectivity index (χ4v) is 3.47. The zero-order valence-electron chi connectivity index (χ0n) is 15.9. The molecular weight excluding hydrogens is 389 g/mol. The molecular formula is C21H18FN5OS. The molecule has 4 rings (SSSR count). The molecule has 0 spiro atoms. The van der Waals surface area contributed by atoms with E-state index in [2.05, 4.69) is 20.6 Å². The number of nitrogens with one attached hydrogen (secondary N) is 1. The molecule has 0 saturated carbocycles. The molecule has 2 aromatic carbocycles. The van der Waals surface area contributed by atoms with Crippen molar-refractivity contribution < 1.29 is 9.18 Å². The van der Waals surface area contributed by atoms with Crippen LogP contribution in [0.3, 0.4) is 0 Å². The summed E-state index contributed by atoms with van der Waals surface area (Å²) in [4.78, 5) is 12.3. The molecule has 2 aromatic heterocycles. The molecule has 0 aliphatic heterocycles. The first-order valence-corrected chi connectivity index (χ1v) is 9.96. The third kappa shape index (κ3) is 4.27. The van der Waals surface area contributed by atoms with E-state index < -0.39 is 0 Å². The summed E-state index contributed by atoms with van der Waals surface area (Å²) in [5.74, 6) is -0.259. The number of benzene rings is 2. The van der Waals surface area contributed by atoms with Crippen molar-refractivity contribution in [1.82, 2.24) is 19.8 Å². The molecule has 6 nitrogen and oxygen atoms in total. The largest absolute Gasteiger partial charge is 0.325 e. The molecule has 146 valence electrons. The predicted octanol–water partition coefficient (Wildman–Crippen LogP) is 4.28. The molecule has 1 N–H and O–H groups in total. The smallest absolute Gasteiger partial charge is 0.234 e. The van der Waals surface area contributed by atoms with Gasteiger partial charge in [-0.3, -0.25) is 4.79 Å². The number of thioether (sulfide) groups is 1. The molecule has 0 aliphatic carbocycles. The van der Waals surface area contributed by atoms with Gasteiger partial charge in [-0.25, -0.2) is 4.39 Å². The van der Waals surface area contributed by atoms with Crippen molar-refractivity contribution in [2.75, 3.05) is 11.1 Å². The second-order valence-corrected chi connectivity index (χ2v) is 7.56. The lowest BCUT2D eigenvalue weighted by atomic mass is 10.1. The molecule has 0 aliphatic rings. The monoisotopic (exact) mass is 407 g/mol. The van der Waals surface area contributed by atoms with E-state index in [0.717, 1.165) is 16.8 Å². The summed E-state index contributed by atoms with van der Waals surface area (Å²) < 4.78 is 14.7. The van der Waals surface area contributed by atoms with Crippen LogP contribution in [0.25, 0.3) is 16.9 Å². The number of aryl methyl sites for hydroxylation is 2. The van der Waals surface area contributed by atoms with Crippen LogP contribution < -0.4 is 5.32 Å². The Bertz CT molecular complexity index is 1190. The molecule has 0 radical (unpaired) electrons. The topological polar surface area (TPSA) is 72.2 Å². The maximum absolute atomic E-state index is 13.2. The Kier molecular flexibility index (Phi) is 5.26. The van der Waals surface area contributed by atoms with Gasteiger partial charge in [-0.05, 0) is 73.5 Å². The maximum atomic E-state index is 13.2. The van der Waals surface area contributed by atoms with Gasteiger partial charge in [0.1, 0.15) is 5.82 Å². The van der Waals surface area contributed by atoms with Crippen LogP contribution >= 0.6 is 11.8 Å². The maximum Gasteiger partial charge on any atom is 0.234 e. The number of hydrogen-bond acceptors (Lipinski definition) is 5. The minimum atomic E-state index is -0.301. The summed E-state index contributed by atoms with van der Waals surface area (Å²) in [5.41, 5.74) is 5.09. The standard InChI is InChI=1S/C21H18FN5OS/c1-13-3-8-17(11-14(13)2)23-20(28)12-29-21-25-24-19-10-9-18(26-27(19)21)15-4-6-16(22)7-5-15/h3-11H,12H2,1-2H3,(H,23,28). The number of anilines is 1. The summed E-state index contributed by atoms with van der Waals surface area (Å²) >= 11 is 1.25. The fraction of sp³-hybridized carbons (Fsp3) is 0.143. The number of carbonyl (C=O) groups excluding carboxylic acids is 1. The first-order valence-electron chi connectivity index (χ1n) is 8.98. The Labute approximate surface area is 171 Å². The van der Waals surface area contributed by atoms with Gasteiger partial charge in [-0.1, -0.05) is 17.8 Å². The number of rotatable bonds is 5. The molecule has 4 aromatic rings. The van der Waals surface area contributed by atoms with Gasteiger partial charge in [-0.2, -0.15) is 9.61 Å². The van der Waals surface area contributed by atoms with Crippen LogP contribution in [-0.4, -0.2) is 31.5 Å². The van der Waals surface area contributed by atoms with Crippen molar-refractivity contribution in [3.63, 3.8) is 0 Å². The predicted molar refractivity (Wildman–Crippen MR) is 111 cm³/mol. The zero-order chi connectivity index (χ0) is 20.4. The van der Waals surface area contributed by atoms with Crippen molar-refractivity contribution >= 4 is 29.0 Å². The Morgan fingerprint density at radius 3 is 2.59 bits per heavy atom. The number of carbonyl (C=O) groups is 1. The van der Waals surface area contributed by atoms with Crippen LogP contribution in [0.5, 0.6) is 0 Å². The van der Waals surface area contributed by atoms with Gasteiger partial charge in [0.15, 0.2) is 5.65 Å². The van der Waals surface area contributed by atoms with Gasteiger partial charge < -0.3 is 5.32 Å². The summed E-state index contributed by atoms with van der Waals surface area (Å²) in [6.45, 7) is 4.03. The highest BCUT2D eigenvalue weighted by Gasteiger charge is 2.12.